The highest BCUT2D eigenvalue weighted by atomic mass is 16.5. The Hall–Kier alpha value is -1.50. The number of fused-ring (bicyclic) bond motifs is 3. The smallest absolute Gasteiger partial charge is 0.333 e. The normalized spacial score (nSPS) is 47.2. The Bertz CT molecular complexity index is 815. The molecule has 1 heterocycles. The van der Waals surface area contributed by atoms with E-state index in [1.54, 1.807) is 39.8 Å². The van der Waals surface area contributed by atoms with E-state index in [1.807, 2.05) is 20.8 Å². The topological polar surface area (TPSA) is 93.1 Å². The zero-order valence-corrected chi connectivity index (χ0v) is 19.9. The number of esters is 1. The molecule has 0 bridgehead atoms. The van der Waals surface area contributed by atoms with Gasteiger partial charge in [0, 0.05) is 35.2 Å². The minimum Gasteiger partial charge on any atom is -0.458 e. The van der Waals surface area contributed by atoms with Gasteiger partial charge in [-0.2, -0.15) is 0 Å². The van der Waals surface area contributed by atoms with Gasteiger partial charge in [-0.3, -0.25) is 4.79 Å². The molecule has 1 aliphatic heterocycles. The van der Waals surface area contributed by atoms with Gasteiger partial charge in [-0.05, 0) is 40.0 Å². The third kappa shape index (κ3) is 3.33. The minimum atomic E-state index is -1.13. The monoisotopic (exact) mass is 434 g/mol. The lowest BCUT2D eigenvalue weighted by molar-refractivity contribution is -0.289. The van der Waals surface area contributed by atoms with E-state index >= 15 is 0 Å². The van der Waals surface area contributed by atoms with E-state index in [9.17, 15) is 19.8 Å². The summed E-state index contributed by atoms with van der Waals surface area (Å²) in [6.07, 6.45) is 1.91. The van der Waals surface area contributed by atoms with Crippen LogP contribution >= 0.6 is 0 Å². The molecule has 8 unspecified atom stereocenters. The second-order valence-electron chi connectivity index (χ2n) is 10.9. The Labute approximate surface area is 185 Å². The first-order valence-electron chi connectivity index (χ1n) is 11.3. The number of hydrogen-bond acceptors (Lipinski definition) is 6. The maximum Gasteiger partial charge on any atom is 0.333 e. The predicted molar refractivity (Wildman–Crippen MR) is 117 cm³/mol. The summed E-state index contributed by atoms with van der Waals surface area (Å²) in [5, 5.41) is 22.3. The summed E-state index contributed by atoms with van der Waals surface area (Å²) in [7, 11) is 0. The molecule has 6 heteroatoms. The van der Waals surface area contributed by atoms with E-state index in [-0.39, 0.29) is 30.5 Å². The Morgan fingerprint density at radius 1 is 1.13 bits per heavy atom. The fraction of sp³-hybridized carbons (Fsp3) is 0.760. The summed E-state index contributed by atoms with van der Waals surface area (Å²) in [5.41, 5.74) is -2.87. The van der Waals surface area contributed by atoms with Crippen molar-refractivity contribution in [2.24, 2.45) is 22.7 Å². The van der Waals surface area contributed by atoms with Gasteiger partial charge in [0.05, 0.1) is 12.2 Å². The van der Waals surface area contributed by atoms with Crippen LogP contribution in [0.2, 0.25) is 0 Å². The van der Waals surface area contributed by atoms with Crippen molar-refractivity contribution in [3.63, 3.8) is 0 Å². The van der Waals surface area contributed by atoms with Crippen LogP contribution in [-0.4, -0.2) is 51.5 Å². The zero-order valence-electron chi connectivity index (χ0n) is 19.9. The van der Waals surface area contributed by atoms with Crippen molar-refractivity contribution in [3.05, 3.63) is 24.3 Å². The number of rotatable bonds is 3. The number of hydrogen-bond donors (Lipinski definition) is 2. The zero-order chi connectivity index (χ0) is 23.6. The highest BCUT2D eigenvalue weighted by molar-refractivity contribution is 5.89. The Kier molecular flexibility index (Phi) is 5.87. The molecule has 0 aromatic carbocycles. The molecule has 1 saturated heterocycles. The molecule has 0 radical (unpaired) electrons. The summed E-state index contributed by atoms with van der Waals surface area (Å²) in [5.74, 6) is -1.06. The summed E-state index contributed by atoms with van der Waals surface area (Å²) >= 11 is 0. The summed E-state index contributed by atoms with van der Waals surface area (Å²) in [4.78, 5) is 26.0. The summed E-state index contributed by atoms with van der Waals surface area (Å²) in [6, 6.07) is 0. The maximum atomic E-state index is 13.5. The van der Waals surface area contributed by atoms with Crippen LogP contribution in [0.15, 0.2) is 24.3 Å². The number of aliphatic hydroxyl groups excluding tert-OH is 2. The lowest BCUT2D eigenvalue weighted by Crippen LogP contribution is -2.73. The lowest BCUT2D eigenvalue weighted by atomic mass is 9.42. The molecule has 0 spiro atoms. The van der Waals surface area contributed by atoms with Gasteiger partial charge in [0.25, 0.3) is 0 Å². The standard InChI is InChI=1S/C25H38O6/c1-9-14(3)21(29)30-20-13-18(27)24(7)15(22(20,4)5)11-19(28)25(8)16(24)12-17(26)23(6,10-2)31-25/h9-10,15-18,20,26-27H,2,11-13H2,1,3-8H3. The van der Waals surface area contributed by atoms with Gasteiger partial charge in [0.1, 0.15) is 17.3 Å². The average Bonchev–Trinajstić information content (AvgIpc) is 2.70. The summed E-state index contributed by atoms with van der Waals surface area (Å²) in [6.45, 7) is 16.8. The molecule has 31 heavy (non-hydrogen) atoms. The van der Waals surface area contributed by atoms with Gasteiger partial charge in [-0.15, -0.1) is 6.58 Å². The van der Waals surface area contributed by atoms with Gasteiger partial charge >= 0.3 is 5.97 Å². The second-order valence-corrected chi connectivity index (χ2v) is 10.9. The van der Waals surface area contributed by atoms with Crippen LogP contribution < -0.4 is 0 Å². The van der Waals surface area contributed by atoms with Crippen molar-refractivity contribution in [1.29, 1.82) is 0 Å². The molecule has 0 aromatic heterocycles. The highest BCUT2D eigenvalue weighted by Crippen LogP contribution is 2.65. The van der Waals surface area contributed by atoms with Crippen LogP contribution in [0.1, 0.15) is 67.7 Å². The van der Waals surface area contributed by atoms with E-state index < -0.39 is 46.3 Å². The second kappa shape index (κ2) is 7.53. The number of carbonyl (C=O) groups is 2. The Balaban J connectivity index is 2.02. The van der Waals surface area contributed by atoms with Crippen molar-refractivity contribution in [1.82, 2.24) is 0 Å². The molecule has 3 aliphatic rings. The first-order valence-corrected chi connectivity index (χ1v) is 11.3. The van der Waals surface area contributed by atoms with Crippen LogP contribution in [0.5, 0.6) is 0 Å². The van der Waals surface area contributed by atoms with Crippen molar-refractivity contribution in [2.75, 3.05) is 0 Å². The number of allylic oxidation sites excluding steroid dienone is 1. The number of aliphatic hydroxyl groups is 2. The Morgan fingerprint density at radius 2 is 1.74 bits per heavy atom. The van der Waals surface area contributed by atoms with Crippen LogP contribution in [0.3, 0.4) is 0 Å². The molecule has 3 rings (SSSR count). The largest absolute Gasteiger partial charge is 0.458 e. The van der Waals surface area contributed by atoms with Gasteiger partial charge in [0.15, 0.2) is 5.78 Å². The quantitative estimate of drug-likeness (QED) is 0.402. The van der Waals surface area contributed by atoms with Gasteiger partial charge < -0.3 is 19.7 Å². The van der Waals surface area contributed by atoms with Crippen LogP contribution in [0, 0.1) is 22.7 Å². The molecule has 2 saturated carbocycles. The summed E-state index contributed by atoms with van der Waals surface area (Å²) < 4.78 is 12.1. The predicted octanol–water partition coefficient (Wildman–Crippen LogP) is 3.35. The molecule has 2 N–H and O–H groups in total. The number of Topliss-reactive ketones (excluding diaryl/α,β-unsaturated/α-hetero) is 1. The molecule has 3 fully saturated rings. The minimum absolute atomic E-state index is 0.0446. The van der Waals surface area contributed by atoms with E-state index in [4.69, 9.17) is 9.47 Å². The number of ketones is 1. The molecule has 2 aliphatic carbocycles. The van der Waals surface area contributed by atoms with Crippen LogP contribution in [0.25, 0.3) is 0 Å². The van der Waals surface area contributed by atoms with E-state index in [0.29, 0.717) is 12.0 Å². The molecule has 8 atom stereocenters. The first-order chi connectivity index (χ1) is 14.2. The van der Waals surface area contributed by atoms with Crippen molar-refractivity contribution < 1.29 is 29.3 Å². The van der Waals surface area contributed by atoms with Crippen molar-refractivity contribution in [3.8, 4) is 0 Å². The third-order valence-electron chi connectivity index (χ3n) is 8.96. The molecule has 6 nitrogen and oxygen atoms in total. The average molecular weight is 435 g/mol. The third-order valence-corrected chi connectivity index (χ3v) is 8.96. The number of ether oxygens (including phenoxy) is 2. The maximum absolute atomic E-state index is 13.5. The molecule has 0 amide bonds. The molecule has 174 valence electrons. The fourth-order valence-corrected chi connectivity index (χ4v) is 6.46. The SMILES string of the molecule is C=CC1(C)OC2(C)C(=O)CC3C(C)(C)C(OC(=O)C(C)=CC)CC(O)C3(C)C2CC1O. The Morgan fingerprint density at radius 3 is 2.29 bits per heavy atom. The van der Waals surface area contributed by atoms with Gasteiger partial charge in [-0.25, -0.2) is 4.79 Å². The van der Waals surface area contributed by atoms with Crippen molar-refractivity contribution in [2.45, 2.75) is 97.2 Å². The van der Waals surface area contributed by atoms with E-state index in [1.165, 1.54) is 0 Å². The van der Waals surface area contributed by atoms with Gasteiger partial charge in [-0.1, -0.05) is 32.9 Å². The van der Waals surface area contributed by atoms with E-state index in [2.05, 4.69) is 6.58 Å². The molecule has 0 aromatic rings. The first kappa shape index (κ1) is 24.1. The number of carbonyl (C=O) groups excluding carboxylic acids is 2. The highest BCUT2D eigenvalue weighted by Gasteiger charge is 2.70. The lowest BCUT2D eigenvalue weighted by Gasteiger charge is -2.66. The molecular weight excluding hydrogens is 396 g/mol. The van der Waals surface area contributed by atoms with Crippen LogP contribution in [-0.2, 0) is 19.1 Å². The fourth-order valence-electron chi connectivity index (χ4n) is 6.46. The van der Waals surface area contributed by atoms with Crippen molar-refractivity contribution >= 4 is 11.8 Å². The van der Waals surface area contributed by atoms with Crippen LogP contribution in [0.4, 0.5) is 0 Å². The van der Waals surface area contributed by atoms with Gasteiger partial charge in [0.2, 0.25) is 0 Å². The molecular formula is C25H38O6. The van der Waals surface area contributed by atoms with E-state index in [0.717, 1.165) is 0 Å².